The molecule has 0 radical (unpaired) electrons. The van der Waals surface area contributed by atoms with Crippen molar-refractivity contribution in [3.8, 4) is 5.69 Å². The summed E-state index contributed by atoms with van der Waals surface area (Å²) in [5, 5.41) is 12.0. The molecule has 0 spiro atoms. The standard InChI is InChI=1S/C17H21N5O2/c1-17(2,3)24-16(23)21-11-9-13(10-12-21)15-18-19-20-22(15)14-7-5-4-6-8-14/h4-9H,10-12H2,1-3H3. The van der Waals surface area contributed by atoms with E-state index in [9.17, 15) is 4.79 Å². The maximum atomic E-state index is 12.1. The molecule has 1 aromatic carbocycles. The summed E-state index contributed by atoms with van der Waals surface area (Å²) in [5.74, 6) is 0.713. The topological polar surface area (TPSA) is 73.1 Å². The molecule has 0 bridgehead atoms. The lowest BCUT2D eigenvalue weighted by Crippen LogP contribution is -2.39. The zero-order valence-corrected chi connectivity index (χ0v) is 14.1. The van der Waals surface area contributed by atoms with Crippen molar-refractivity contribution in [2.24, 2.45) is 0 Å². The largest absolute Gasteiger partial charge is 0.444 e. The van der Waals surface area contributed by atoms with E-state index in [1.165, 1.54) is 0 Å². The van der Waals surface area contributed by atoms with Gasteiger partial charge in [-0.1, -0.05) is 24.3 Å². The maximum absolute atomic E-state index is 12.1. The first-order chi connectivity index (χ1) is 11.4. The summed E-state index contributed by atoms with van der Waals surface area (Å²) >= 11 is 0. The van der Waals surface area contributed by atoms with E-state index in [0.717, 1.165) is 11.3 Å². The highest BCUT2D eigenvalue weighted by molar-refractivity contribution is 5.71. The Morgan fingerprint density at radius 3 is 2.58 bits per heavy atom. The highest BCUT2D eigenvalue weighted by atomic mass is 16.6. The van der Waals surface area contributed by atoms with Crippen molar-refractivity contribution in [2.45, 2.75) is 32.8 Å². The molecule has 0 N–H and O–H groups in total. The number of hydrogen-bond donors (Lipinski definition) is 0. The van der Waals surface area contributed by atoms with E-state index >= 15 is 0 Å². The molecular formula is C17H21N5O2. The Morgan fingerprint density at radius 2 is 1.96 bits per heavy atom. The molecule has 1 aliphatic heterocycles. The predicted octanol–water partition coefficient (Wildman–Crippen LogP) is 2.69. The Bertz CT molecular complexity index is 746. The third-order valence-corrected chi connectivity index (χ3v) is 3.62. The van der Waals surface area contributed by atoms with Crippen LogP contribution >= 0.6 is 0 Å². The van der Waals surface area contributed by atoms with Gasteiger partial charge in [-0.15, -0.1) is 5.10 Å². The lowest BCUT2D eigenvalue weighted by Gasteiger charge is -2.29. The van der Waals surface area contributed by atoms with Crippen LogP contribution in [0.25, 0.3) is 11.3 Å². The Hall–Kier alpha value is -2.70. The maximum Gasteiger partial charge on any atom is 0.410 e. The van der Waals surface area contributed by atoms with Crippen molar-refractivity contribution in [3.05, 3.63) is 42.2 Å². The minimum Gasteiger partial charge on any atom is -0.444 e. The van der Waals surface area contributed by atoms with Crippen LogP contribution in [-0.4, -0.2) is 49.9 Å². The molecule has 126 valence electrons. The number of rotatable bonds is 2. The van der Waals surface area contributed by atoms with Crippen LogP contribution in [-0.2, 0) is 4.74 Å². The monoisotopic (exact) mass is 327 g/mol. The molecule has 1 aromatic heterocycles. The molecule has 7 nitrogen and oxygen atoms in total. The number of benzene rings is 1. The normalized spacial score (nSPS) is 15.1. The molecule has 1 aliphatic rings. The smallest absolute Gasteiger partial charge is 0.410 e. The lowest BCUT2D eigenvalue weighted by atomic mass is 10.1. The minimum absolute atomic E-state index is 0.291. The second-order valence-corrected chi connectivity index (χ2v) is 6.66. The Kier molecular flexibility index (Phi) is 4.33. The highest BCUT2D eigenvalue weighted by Gasteiger charge is 2.25. The summed E-state index contributed by atoms with van der Waals surface area (Å²) in [6, 6.07) is 9.75. The van der Waals surface area contributed by atoms with Gasteiger partial charge in [0, 0.05) is 13.1 Å². The molecule has 0 saturated heterocycles. The van der Waals surface area contributed by atoms with Gasteiger partial charge in [-0.05, 0) is 55.3 Å². The van der Waals surface area contributed by atoms with Gasteiger partial charge in [0.05, 0.1) is 5.69 Å². The summed E-state index contributed by atoms with van der Waals surface area (Å²) in [5.41, 5.74) is 1.45. The number of para-hydroxylation sites is 1. The van der Waals surface area contributed by atoms with E-state index < -0.39 is 5.60 Å². The van der Waals surface area contributed by atoms with E-state index in [0.29, 0.717) is 25.3 Å². The fraction of sp³-hybridized carbons (Fsp3) is 0.412. The molecule has 0 aliphatic carbocycles. The van der Waals surface area contributed by atoms with E-state index in [1.54, 1.807) is 9.58 Å². The van der Waals surface area contributed by atoms with Crippen LogP contribution in [0.3, 0.4) is 0 Å². The van der Waals surface area contributed by atoms with Gasteiger partial charge in [0.2, 0.25) is 0 Å². The van der Waals surface area contributed by atoms with Gasteiger partial charge in [-0.2, -0.15) is 4.68 Å². The molecule has 0 atom stereocenters. The number of aromatic nitrogens is 4. The number of hydrogen-bond acceptors (Lipinski definition) is 5. The molecule has 1 amide bonds. The van der Waals surface area contributed by atoms with Crippen LogP contribution in [0, 0.1) is 0 Å². The van der Waals surface area contributed by atoms with Crippen LogP contribution in [0.5, 0.6) is 0 Å². The molecule has 2 aromatic rings. The fourth-order valence-corrected chi connectivity index (χ4v) is 2.49. The average molecular weight is 327 g/mol. The molecule has 0 fully saturated rings. The van der Waals surface area contributed by atoms with Crippen molar-refractivity contribution in [3.63, 3.8) is 0 Å². The third-order valence-electron chi connectivity index (χ3n) is 3.62. The number of ether oxygens (including phenoxy) is 1. The van der Waals surface area contributed by atoms with Crippen LogP contribution < -0.4 is 0 Å². The number of tetrazole rings is 1. The first kappa shape index (κ1) is 16.2. The minimum atomic E-state index is -0.488. The number of amides is 1. The zero-order valence-electron chi connectivity index (χ0n) is 14.1. The summed E-state index contributed by atoms with van der Waals surface area (Å²) in [4.78, 5) is 13.8. The lowest BCUT2D eigenvalue weighted by molar-refractivity contribution is 0.0270. The second kappa shape index (κ2) is 6.43. The van der Waals surface area contributed by atoms with Crippen molar-refractivity contribution >= 4 is 11.7 Å². The molecular weight excluding hydrogens is 306 g/mol. The van der Waals surface area contributed by atoms with Crippen LogP contribution in [0.15, 0.2) is 36.4 Å². The van der Waals surface area contributed by atoms with Gasteiger partial charge >= 0.3 is 6.09 Å². The highest BCUT2D eigenvalue weighted by Crippen LogP contribution is 2.23. The van der Waals surface area contributed by atoms with Crippen molar-refractivity contribution in [2.75, 3.05) is 13.1 Å². The van der Waals surface area contributed by atoms with Crippen LogP contribution in [0.1, 0.15) is 33.0 Å². The number of carbonyl (C=O) groups is 1. The van der Waals surface area contributed by atoms with E-state index in [1.807, 2.05) is 57.2 Å². The Morgan fingerprint density at radius 1 is 1.21 bits per heavy atom. The average Bonchev–Trinajstić information content (AvgIpc) is 3.04. The first-order valence-electron chi connectivity index (χ1n) is 7.95. The third kappa shape index (κ3) is 3.61. The summed E-state index contributed by atoms with van der Waals surface area (Å²) in [6.07, 6.45) is 2.38. The quantitative estimate of drug-likeness (QED) is 0.848. The SMILES string of the molecule is CC(C)(C)OC(=O)N1CC=C(c2nnnn2-c2ccccc2)CC1. The van der Waals surface area contributed by atoms with Crippen LogP contribution in [0.4, 0.5) is 4.79 Å². The van der Waals surface area contributed by atoms with Crippen molar-refractivity contribution < 1.29 is 9.53 Å². The van der Waals surface area contributed by atoms with Gasteiger partial charge in [0.25, 0.3) is 0 Å². The Labute approximate surface area is 140 Å². The zero-order chi connectivity index (χ0) is 17.2. The summed E-state index contributed by atoms with van der Waals surface area (Å²) < 4.78 is 7.13. The van der Waals surface area contributed by atoms with Gasteiger partial charge in [-0.25, -0.2) is 4.79 Å². The van der Waals surface area contributed by atoms with Crippen LogP contribution in [0.2, 0.25) is 0 Å². The van der Waals surface area contributed by atoms with Crippen molar-refractivity contribution in [1.82, 2.24) is 25.1 Å². The predicted molar refractivity (Wildman–Crippen MR) is 89.6 cm³/mol. The van der Waals surface area contributed by atoms with E-state index in [2.05, 4.69) is 15.5 Å². The van der Waals surface area contributed by atoms with Crippen molar-refractivity contribution in [1.29, 1.82) is 0 Å². The molecule has 2 heterocycles. The molecule has 3 rings (SSSR count). The molecule has 24 heavy (non-hydrogen) atoms. The fourth-order valence-electron chi connectivity index (χ4n) is 2.49. The Balaban J connectivity index is 1.75. The number of carbonyl (C=O) groups excluding carboxylic acids is 1. The molecule has 7 heteroatoms. The van der Waals surface area contributed by atoms with Gasteiger partial charge in [0.1, 0.15) is 5.60 Å². The van der Waals surface area contributed by atoms with E-state index in [4.69, 9.17) is 4.74 Å². The second-order valence-electron chi connectivity index (χ2n) is 6.66. The molecule has 0 saturated carbocycles. The first-order valence-corrected chi connectivity index (χ1v) is 7.95. The molecule has 0 unspecified atom stereocenters. The van der Waals surface area contributed by atoms with Gasteiger partial charge in [-0.3, -0.25) is 0 Å². The van der Waals surface area contributed by atoms with E-state index in [-0.39, 0.29) is 6.09 Å². The summed E-state index contributed by atoms with van der Waals surface area (Å²) in [7, 11) is 0. The van der Waals surface area contributed by atoms with Gasteiger partial charge in [0.15, 0.2) is 5.82 Å². The summed E-state index contributed by atoms with van der Waals surface area (Å²) in [6.45, 7) is 6.67. The number of nitrogens with zero attached hydrogens (tertiary/aromatic N) is 5. The van der Waals surface area contributed by atoms with Gasteiger partial charge < -0.3 is 9.64 Å².